The molecule has 0 rings (SSSR count). The summed E-state index contributed by atoms with van der Waals surface area (Å²) >= 11 is 0. The zero-order valence-corrected chi connectivity index (χ0v) is 7.91. The average molecular weight is 146 g/mol. The Labute approximate surface area is 61.2 Å². The summed E-state index contributed by atoms with van der Waals surface area (Å²) in [6, 6.07) is 0. The van der Waals surface area contributed by atoms with E-state index in [0.29, 0.717) is 0 Å². The van der Waals surface area contributed by atoms with Gasteiger partial charge in [-0.15, -0.1) is 8.58 Å². The molecule has 9 heavy (non-hydrogen) atoms. The van der Waals surface area contributed by atoms with Gasteiger partial charge in [0.15, 0.2) is 0 Å². The Morgan fingerprint density at radius 3 is 2.44 bits per heavy atom. The van der Waals surface area contributed by atoms with Gasteiger partial charge in [-0.25, -0.2) is 0 Å². The van der Waals surface area contributed by atoms with Crippen molar-refractivity contribution in [2.75, 3.05) is 12.3 Å². The Balaban J connectivity index is 2.88. The van der Waals surface area contributed by atoms with Gasteiger partial charge in [-0.05, 0) is 18.2 Å². The molecule has 0 saturated heterocycles. The minimum Gasteiger partial charge on any atom is -0.122 e. The maximum Gasteiger partial charge on any atom is -0.0328 e. The van der Waals surface area contributed by atoms with Crippen LogP contribution >= 0.6 is 8.58 Å². The highest BCUT2D eigenvalue weighted by Gasteiger charge is 1.95. The molecule has 2 atom stereocenters. The molecule has 0 bridgehead atoms. The van der Waals surface area contributed by atoms with Crippen molar-refractivity contribution in [3.63, 3.8) is 0 Å². The quantitative estimate of drug-likeness (QED) is 0.413. The molecule has 0 aromatic rings. The molecule has 0 aromatic carbocycles. The topological polar surface area (TPSA) is 0 Å². The molecule has 0 aliphatic rings. The Kier molecular flexibility index (Phi) is 6.86. The lowest BCUT2D eigenvalue weighted by Gasteiger charge is -2.05. The predicted octanol–water partition coefficient (Wildman–Crippen LogP) is 3.12. The van der Waals surface area contributed by atoms with Crippen LogP contribution in [0.4, 0.5) is 0 Å². The summed E-state index contributed by atoms with van der Waals surface area (Å²) in [5.74, 6) is 0.967. The smallest absolute Gasteiger partial charge is 0.0328 e. The Morgan fingerprint density at radius 1 is 1.33 bits per heavy atom. The summed E-state index contributed by atoms with van der Waals surface area (Å²) in [5.41, 5.74) is 0. The molecule has 0 saturated carbocycles. The fourth-order valence-corrected chi connectivity index (χ4v) is 2.01. The predicted molar refractivity (Wildman–Crippen MR) is 47.8 cm³/mol. The lowest BCUT2D eigenvalue weighted by atomic mass is 10.2. The van der Waals surface area contributed by atoms with Crippen molar-refractivity contribution in [3.8, 4) is 0 Å². The van der Waals surface area contributed by atoms with E-state index in [-0.39, 0.29) is 0 Å². The summed E-state index contributed by atoms with van der Waals surface area (Å²) in [6.45, 7) is 6.90. The van der Waals surface area contributed by atoms with Crippen molar-refractivity contribution in [3.05, 3.63) is 0 Å². The van der Waals surface area contributed by atoms with E-state index < -0.39 is 0 Å². The zero-order chi connectivity index (χ0) is 7.11. The second-order valence-electron chi connectivity index (χ2n) is 2.72. The summed E-state index contributed by atoms with van der Waals surface area (Å²) < 4.78 is 0. The van der Waals surface area contributed by atoms with Gasteiger partial charge in [0, 0.05) is 0 Å². The van der Waals surface area contributed by atoms with Gasteiger partial charge in [-0.1, -0.05) is 33.6 Å². The maximum absolute atomic E-state index is 2.35. The van der Waals surface area contributed by atoms with Gasteiger partial charge >= 0.3 is 0 Å². The van der Waals surface area contributed by atoms with Crippen LogP contribution in [-0.2, 0) is 0 Å². The van der Waals surface area contributed by atoms with Crippen molar-refractivity contribution in [2.24, 2.45) is 5.92 Å². The van der Waals surface area contributed by atoms with E-state index in [1.807, 2.05) is 0 Å². The Morgan fingerprint density at radius 2 is 2.00 bits per heavy atom. The number of hydrogen-bond donors (Lipinski definition) is 0. The standard InChI is InChI=1S/C8H19P/c1-4-6-9-7-8(3)5-2/h8-9H,4-7H2,1-3H3. The van der Waals surface area contributed by atoms with Gasteiger partial charge in [-0.3, -0.25) is 0 Å². The van der Waals surface area contributed by atoms with Gasteiger partial charge in [0.2, 0.25) is 0 Å². The molecule has 0 nitrogen and oxygen atoms in total. The molecular formula is C8H19P. The van der Waals surface area contributed by atoms with E-state index in [1.165, 1.54) is 33.7 Å². The molecule has 56 valence electrons. The van der Waals surface area contributed by atoms with E-state index in [0.717, 1.165) is 5.92 Å². The summed E-state index contributed by atoms with van der Waals surface area (Å²) in [6.07, 6.45) is 5.64. The third-order valence-corrected chi connectivity index (χ3v) is 3.46. The van der Waals surface area contributed by atoms with Crippen molar-refractivity contribution in [2.45, 2.75) is 33.6 Å². The normalized spacial score (nSPS) is 15.0. The monoisotopic (exact) mass is 146 g/mol. The molecule has 0 aromatic heterocycles. The van der Waals surface area contributed by atoms with Crippen molar-refractivity contribution in [1.29, 1.82) is 0 Å². The molecule has 0 amide bonds. The van der Waals surface area contributed by atoms with Crippen LogP contribution in [0.2, 0.25) is 0 Å². The van der Waals surface area contributed by atoms with Crippen LogP contribution in [0.1, 0.15) is 33.6 Å². The third-order valence-electron chi connectivity index (χ3n) is 1.62. The summed E-state index contributed by atoms with van der Waals surface area (Å²) in [4.78, 5) is 0. The highest BCUT2D eigenvalue weighted by molar-refractivity contribution is 7.37. The first-order chi connectivity index (χ1) is 4.31. The minimum atomic E-state index is 0.967. The minimum absolute atomic E-state index is 0.967. The average Bonchev–Trinajstić information content (AvgIpc) is 1.89. The van der Waals surface area contributed by atoms with Gasteiger partial charge in [-0.2, -0.15) is 0 Å². The second kappa shape index (κ2) is 6.55. The van der Waals surface area contributed by atoms with Crippen LogP contribution in [0.15, 0.2) is 0 Å². The molecule has 0 aliphatic heterocycles. The second-order valence-corrected chi connectivity index (χ2v) is 4.13. The van der Waals surface area contributed by atoms with Gasteiger partial charge in [0.1, 0.15) is 0 Å². The van der Waals surface area contributed by atoms with Crippen LogP contribution < -0.4 is 0 Å². The Hall–Kier alpha value is 0.430. The van der Waals surface area contributed by atoms with Gasteiger partial charge in [0.05, 0.1) is 0 Å². The largest absolute Gasteiger partial charge is 0.122 e. The zero-order valence-electron chi connectivity index (χ0n) is 6.91. The molecule has 0 N–H and O–H groups in total. The van der Waals surface area contributed by atoms with Crippen molar-refractivity contribution < 1.29 is 0 Å². The molecule has 2 unspecified atom stereocenters. The molecule has 1 heteroatoms. The first-order valence-electron chi connectivity index (χ1n) is 4.02. The van der Waals surface area contributed by atoms with Crippen LogP contribution in [0.25, 0.3) is 0 Å². The molecule has 0 radical (unpaired) electrons. The van der Waals surface area contributed by atoms with E-state index in [2.05, 4.69) is 20.8 Å². The van der Waals surface area contributed by atoms with E-state index >= 15 is 0 Å². The van der Waals surface area contributed by atoms with E-state index in [9.17, 15) is 0 Å². The SMILES string of the molecule is CCCPCC(C)CC. The number of hydrogen-bond acceptors (Lipinski definition) is 0. The lowest BCUT2D eigenvalue weighted by Crippen LogP contribution is -1.94. The number of rotatable bonds is 5. The highest BCUT2D eigenvalue weighted by Crippen LogP contribution is 2.17. The van der Waals surface area contributed by atoms with E-state index in [1.54, 1.807) is 0 Å². The van der Waals surface area contributed by atoms with Crippen LogP contribution in [0.3, 0.4) is 0 Å². The molecule has 0 heterocycles. The first-order valence-corrected chi connectivity index (χ1v) is 5.43. The fourth-order valence-electron chi connectivity index (χ4n) is 0.670. The fraction of sp³-hybridized carbons (Fsp3) is 1.00. The highest BCUT2D eigenvalue weighted by atomic mass is 31.1. The molecule has 0 spiro atoms. The molecule has 0 fully saturated rings. The molecular weight excluding hydrogens is 127 g/mol. The third kappa shape index (κ3) is 6.31. The first kappa shape index (κ1) is 9.43. The molecule has 0 aliphatic carbocycles. The van der Waals surface area contributed by atoms with Gasteiger partial charge < -0.3 is 0 Å². The van der Waals surface area contributed by atoms with Crippen LogP contribution in [0, 0.1) is 5.92 Å². The summed E-state index contributed by atoms with van der Waals surface area (Å²) in [5, 5.41) is 0. The lowest BCUT2D eigenvalue weighted by molar-refractivity contribution is 0.634. The van der Waals surface area contributed by atoms with E-state index in [4.69, 9.17) is 0 Å². The van der Waals surface area contributed by atoms with Crippen LogP contribution in [-0.4, -0.2) is 12.3 Å². The van der Waals surface area contributed by atoms with Crippen molar-refractivity contribution in [1.82, 2.24) is 0 Å². The maximum atomic E-state index is 2.35. The summed E-state index contributed by atoms with van der Waals surface area (Å²) in [7, 11) is 1.22. The Bertz CT molecular complexity index is 52.5. The van der Waals surface area contributed by atoms with Crippen molar-refractivity contribution >= 4 is 8.58 Å². The van der Waals surface area contributed by atoms with Crippen LogP contribution in [0.5, 0.6) is 0 Å². The van der Waals surface area contributed by atoms with Gasteiger partial charge in [0.25, 0.3) is 0 Å².